The Morgan fingerprint density at radius 2 is 1.81 bits per heavy atom. The van der Waals surface area contributed by atoms with Gasteiger partial charge < -0.3 is 14.2 Å². The summed E-state index contributed by atoms with van der Waals surface area (Å²) in [7, 11) is -2.18. The first-order chi connectivity index (χ1) is 17.3. The third-order valence-corrected chi connectivity index (χ3v) is 9.08. The van der Waals surface area contributed by atoms with Gasteiger partial charge in [0.1, 0.15) is 11.6 Å². The summed E-state index contributed by atoms with van der Waals surface area (Å²) in [6.07, 6.45) is 7.30. The average Bonchev–Trinajstić information content (AvgIpc) is 3.30. The van der Waals surface area contributed by atoms with Crippen molar-refractivity contribution in [3.8, 4) is 5.75 Å². The summed E-state index contributed by atoms with van der Waals surface area (Å²) in [6, 6.07) is 9.71. The van der Waals surface area contributed by atoms with E-state index in [0.717, 1.165) is 81.2 Å². The fourth-order valence-corrected chi connectivity index (χ4v) is 6.83. The van der Waals surface area contributed by atoms with E-state index in [-0.39, 0.29) is 16.6 Å². The summed E-state index contributed by atoms with van der Waals surface area (Å²) in [5.41, 5.74) is 2.27. The van der Waals surface area contributed by atoms with Crippen LogP contribution < -0.4 is 9.88 Å². The minimum Gasteiger partial charge on any atom is -0.497 e. The van der Waals surface area contributed by atoms with E-state index >= 15 is 0 Å². The SMILES string of the molecule is COc1ccc(S(N)(=O)=O)c(C2CCC(CCN3CCC(c4noc5cc(F)ccc45)CC3)CC2)c1. The zero-order valence-corrected chi connectivity index (χ0v) is 21.5. The molecule has 2 aromatic carbocycles. The van der Waals surface area contributed by atoms with Crippen molar-refractivity contribution in [1.82, 2.24) is 10.1 Å². The fraction of sp³-hybridized carbons (Fsp3) is 0.519. The van der Waals surface area contributed by atoms with Crippen molar-refractivity contribution in [2.24, 2.45) is 11.1 Å². The van der Waals surface area contributed by atoms with Crippen LogP contribution in [0, 0.1) is 11.7 Å². The van der Waals surface area contributed by atoms with Crippen molar-refractivity contribution in [3.63, 3.8) is 0 Å². The predicted molar refractivity (Wildman–Crippen MR) is 136 cm³/mol. The van der Waals surface area contributed by atoms with Crippen LogP contribution in [-0.2, 0) is 10.0 Å². The minimum absolute atomic E-state index is 0.186. The van der Waals surface area contributed by atoms with Gasteiger partial charge in [0.05, 0.1) is 17.7 Å². The van der Waals surface area contributed by atoms with Crippen LogP contribution in [0.3, 0.4) is 0 Å². The Kier molecular flexibility index (Phi) is 7.32. The van der Waals surface area contributed by atoms with Crippen LogP contribution in [0.25, 0.3) is 11.0 Å². The van der Waals surface area contributed by atoms with Crippen LogP contribution in [0.4, 0.5) is 4.39 Å². The van der Waals surface area contributed by atoms with Gasteiger partial charge in [-0.05, 0) is 112 Å². The topological polar surface area (TPSA) is 98.7 Å². The molecule has 1 saturated heterocycles. The van der Waals surface area contributed by atoms with Crippen molar-refractivity contribution >= 4 is 21.0 Å². The van der Waals surface area contributed by atoms with Crippen molar-refractivity contribution in [1.29, 1.82) is 0 Å². The van der Waals surface area contributed by atoms with Gasteiger partial charge in [-0.25, -0.2) is 17.9 Å². The summed E-state index contributed by atoms with van der Waals surface area (Å²) in [5.74, 6) is 1.54. The van der Waals surface area contributed by atoms with Crippen molar-refractivity contribution in [2.75, 3.05) is 26.7 Å². The van der Waals surface area contributed by atoms with Gasteiger partial charge in [-0.15, -0.1) is 0 Å². The Balaban J connectivity index is 1.12. The molecule has 3 aromatic rings. The number of aromatic nitrogens is 1. The van der Waals surface area contributed by atoms with Gasteiger partial charge in [0.2, 0.25) is 10.0 Å². The van der Waals surface area contributed by atoms with Gasteiger partial charge in [-0.3, -0.25) is 0 Å². The van der Waals surface area contributed by atoms with Crippen LogP contribution in [-0.4, -0.2) is 45.2 Å². The van der Waals surface area contributed by atoms with Gasteiger partial charge in [-0.2, -0.15) is 0 Å². The molecule has 1 aliphatic heterocycles. The number of ether oxygens (including phenoxy) is 1. The second-order valence-corrected chi connectivity index (χ2v) is 11.8. The monoisotopic (exact) mass is 515 g/mol. The van der Waals surface area contributed by atoms with Crippen LogP contribution >= 0.6 is 0 Å². The molecule has 5 rings (SSSR count). The number of primary sulfonamides is 1. The second-order valence-electron chi connectivity index (χ2n) is 10.3. The smallest absolute Gasteiger partial charge is 0.238 e. The summed E-state index contributed by atoms with van der Waals surface area (Å²) in [6.45, 7) is 3.13. The minimum atomic E-state index is -3.77. The Hall–Kier alpha value is -2.49. The van der Waals surface area contributed by atoms with E-state index in [1.54, 1.807) is 25.3 Å². The molecule has 1 aliphatic carbocycles. The van der Waals surface area contributed by atoms with Gasteiger partial charge in [0.15, 0.2) is 5.58 Å². The number of rotatable bonds is 7. The van der Waals surface area contributed by atoms with Crippen molar-refractivity contribution in [2.45, 2.75) is 61.7 Å². The highest BCUT2D eigenvalue weighted by molar-refractivity contribution is 7.89. The molecule has 0 bridgehead atoms. The number of piperidine rings is 1. The molecule has 0 spiro atoms. The molecule has 1 saturated carbocycles. The van der Waals surface area contributed by atoms with Crippen molar-refractivity contribution in [3.05, 3.63) is 53.5 Å². The Morgan fingerprint density at radius 1 is 1.06 bits per heavy atom. The fourth-order valence-electron chi connectivity index (χ4n) is 6.01. The first-order valence-electron chi connectivity index (χ1n) is 12.8. The number of sulfonamides is 1. The lowest BCUT2D eigenvalue weighted by atomic mass is 9.77. The third kappa shape index (κ3) is 5.43. The molecular formula is C27H34FN3O4S. The maximum absolute atomic E-state index is 13.5. The van der Waals surface area contributed by atoms with E-state index in [1.807, 2.05) is 6.07 Å². The molecule has 9 heteroatoms. The second kappa shape index (κ2) is 10.5. The van der Waals surface area contributed by atoms with Gasteiger partial charge in [0, 0.05) is 17.4 Å². The Bertz CT molecular complexity index is 1310. The zero-order valence-electron chi connectivity index (χ0n) is 20.7. The molecule has 2 heterocycles. The molecule has 2 N–H and O–H groups in total. The molecule has 2 fully saturated rings. The molecule has 194 valence electrons. The molecule has 0 unspecified atom stereocenters. The maximum Gasteiger partial charge on any atom is 0.238 e. The Morgan fingerprint density at radius 3 is 2.50 bits per heavy atom. The van der Waals surface area contributed by atoms with Crippen molar-refractivity contribution < 1.29 is 22.1 Å². The molecule has 0 amide bonds. The van der Waals surface area contributed by atoms with E-state index in [0.29, 0.717) is 23.2 Å². The summed E-state index contributed by atoms with van der Waals surface area (Å²) >= 11 is 0. The number of hydrogen-bond acceptors (Lipinski definition) is 6. The number of hydrogen-bond donors (Lipinski definition) is 1. The van der Waals surface area contributed by atoms with Gasteiger partial charge in [0.25, 0.3) is 0 Å². The molecule has 7 nitrogen and oxygen atoms in total. The zero-order chi connectivity index (χ0) is 25.3. The van der Waals surface area contributed by atoms with Crippen LogP contribution in [0.15, 0.2) is 45.8 Å². The van der Waals surface area contributed by atoms with E-state index in [9.17, 15) is 12.8 Å². The lowest BCUT2D eigenvalue weighted by Crippen LogP contribution is -2.34. The highest BCUT2D eigenvalue weighted by Gasteiger charge is 2.29. The van der Waals surface area contributed by atoms with Gasteiger partial charge in [-0.1, -0.05) is 5.16 Å². The highest BCUT2D eigenvalue weighted by atomic mass is 32.2. The third-order valence-electron chi connectivity index (χ3n) is 8.10. The molecule has 0 radical (unpaired) electrons. The number of fused-ring (bicyclic) bond motifs is 1. The number of nitrogens with zero attached hydrogens (tertiary/aromatic N) is 2. The molecule has 0 atom stereocenters. The maximum atomic E-state index is 13.5. The summed E-state index contributed by atoms with van der Waals surface area (Å²) in [4.78, 5) is 2.76. The predicted octanol–water partition coefficient (Wildman–Crippen LogP) is 5.17. The van der Waals surface area contributed by atoms with E-state index < -0.39 is 10.0 Å². The number of benzene rings is 2. The molecule has 2 aliphatic rings. The van der Waals surface area contributed by atoms with E-state index in [4.69, 9.17) is 14.4 Å². The van der Waals surface area contributed by atoms with E-state index in [2.05, 4.69) is 10.1 Å². The number of methoxy groups -OCH3 is 1. The number of likely N-dealkylation sites (tertiary alicyclic amines) is 1. The van der Waals surface area contributed by atoms with Crippen LogP contribution in [0.5, 0.6) is 5.75 Å². The average molecular weight is 516 g/mol. The lowest BCUT2D eigenvalue weighted by molar-refractivity contribution is 0.184. The largest absolute Gasteiger partial charge is 0.497 e. The number of nitrogens with two attached hydrogens (primary N) is 1. The highest BCUT2D eigenvalue weighted by Crippen LogP contribution is 2.41. The normalized spacial score (nSPS) is 22.2. The summed E-state index contributed by atoms with van der Waals surface area (Å²) < 4.78 is 48.4. The number of halogens is 1. The molecule has 1 aromatic heterocycles. The first kappa shape index (κ1) is 25.2. The Labute approximate surface area is 211 Å². The molecule has 36 heavy (non-hydrogen) atoms. The van der Waals surface area contributed by atoms with E-state index in [1.165, 1.54) is 12.1 Å². The molecular weight excluding hydrogens is 481 g/mol. The van der Waals surface area contributed by atoms with Gasteiger partial charge >= 0.3 is 0 Å². The van der Waals surface area contributed by atoms with Crippen LogP contribution in [0.2, 0.25) is 0 Å². The standard InChI is InChI=1S/C27H34FN3O4S/c1-34-22-7-9-26(36(29,32)33)24(17-22)19-4-2-18(3-5-19)10-13-31-14-11-20(12-15-31)27-23-8-6-21(28)16-25(23)35-30-27/h6-9,16-20H,2-5,10-15H2,1H3,(H2,29,32,33). The quantitative estimate of drug-likeness (QED) is 0.466. The first-order valence-corrected chi connectivity index (χ1v) is 14.3. The van der Waals surface area contributed by atoms with Crippen LogP contribution in [0.1, 0.15) is 68.0 Å². The summed E-state index contributed by atoms with van der Waals surface area (Å²) in [5, 5.41) is 10.7. The lowest BCUT2D eigenvalue weighted by Gasteiger charge is -2.34.